The minimum Gasteiger partial charge on any atom is -0.368 e. The van der Waals surface area contributed by atoms with Gasteiger partial charge in [-0.15, -0.1) is 0 Å². The molecule has 1 atom stereocenters. The highest BCUT2D eigenvalue weighted by molar-refractivity contribution is 5.99. The summed E-state index contributed by atoms with van der Waals surface area (Å²) in [6.45, 7) is 5.48. The molecule has 2 amide bonds. The fourth-order valence-corrected chi connectivity index (χ4v) is 2.93. The van der Waals surface area contributed by atoms with Gasteiger partial charge in [0.25, 0.3) is 5.91 Å². The van der Waals surface area contributed by atoms with Crippen molar-refractivity contribution in [2.75, 3.05) is 19.6 Å². The molecule has 1 aromatic carbocycles. The number of carbonyl (C=O) groups is 2. The topological polar surface area (TPSA) is 75.4 Å². The van der Waals surface area contributed by atoms with Gasteiger partial charge in [0.15, 0.2) is 0 Å². The molecule has 21 heavy (non-hydrogen) atoms. The van der Waals surface area contributed by atoms with Crippen LogP contribution in [0.25, 0.3) is 0 Å². The van der Waals surface area contributed by atoms with Crippen molar-refractivity contribution in [2.24, 2.45) is 5.73 Å². The number of nitrogens with zero attached hydrogens (tertiary/aromatic N) is 1. The van der Waals surface area contributed by atoms with Gasteiger partial charge in [0.05, 0.1) is 6.54 Å². The van der Waals surface area contributed by atoms with E-state index in [1.165, 1.54) is 0 Å². The van der Waals surface area contributed by atoms with Crippen molar-refractivity contribution in [3.63, 3.8) is 0 Å². The molecule has 0 bridgehead atoms. The van der Waals surface area contributed by atoms with Gasteiger partial charge in [-0.05, 0) is 44.4 Å². The second kappa shape index (κ2) is 6.72. The van der Waals surface area contributed by atoms with Gasteiger partial charge < -0.3 is 16.0 Å². The minimum atomic E-state index is -0.472. The van der Waals surface area contributed by atoms with Crippen LogP contribution >= 0.6 is 0 Å². The van der Waals surface area contributed by atoms with Crippen LogP contribution in [0.15, 0.2) is 18.2 Å². The molecule has 5 heteroatoms. The lowest BCUT2D eigenvalue weighted by Crippen LogP contribution is -2.51. The van der Waals surface area contributed by atoms with E-state index in [0.717, 1.165) is 30.5 Å². The fourth-order valence-electron chi connectivity index (χ4n) is 2.93. The molecule has 1 aromatic rings. The molecule has 1 fully saturated rings. The van der Waals surface area contributed by atoms with Crippen LogP contribution in [0.5, 0.6) is 0 Å². The van der Waals surface area contributed by atoms with Crippen molar-refractivity contribution in [1.82, 2.24) is 10.2 Å². The highest BCUT2D eigenvalue weighted by Gasteiger charge is 2.28. The van der Waals surface area contributed by atoms with E-state index in [2.05, 4.69) is 5.32 Å². The molecule has 0 aromatic heterocycles. The van der Waals surface area contributed by atoms with E-state index in [4.69, 9.17) is 5.73 Å². The van der Waals surface area contributed by atoms with Gasteiger partial charge in [0, 0.05) is 18.2 Å². The standard InChI is InChI=1S/C16H23N3O2/c1-11-5-3-6-12(2)15(11)16(21)19(10-14(17)20)13-7-4-8-18-9-13/h3,5-6,13,18H,4,7-10H2,1-2H3,(H2,17,20). The maximum Gasteiger partial charge on any atom is 0.255 e. The van der Waals surface area contributed by atoms with E-state index in [0.29, 0.717) is 12.1 Å². The Morgan fingerprint density at radius 3 is 2.52 bits per heavy atom. The van der Waals surface area contributed by atoms with Crippen LogP contribution in [-0.4, -0.2) is 42.4 Å². The predicted octanol–water partition coefficient (Wildman–Crippen LogP) is 0.983. The first-order valence-electron chi connectivity index (χ1n) is 7.37. The number of piperidine rings is 1. The first kappa shape index (κ1) is 15.5. The fraction of sp³-hybridized carbons (Fsp3) is 0.500. The third-order valence-electron chi connectivity index (χ3n) is 3.99. The van der Waals surface area contributed by atoms with E-state index in [-0.39, 0.29) is 18.5 Å². The van der Waals surface area contributed by atoms with Crippen LogP contribution in [0.1, 0.15) is 34.3 Å². The average molecular weight is 289 g/mol. The van der Waals surface area contributed by atoms with Crippen molar-refractivity contribution in [1.29, 1.82) is 0 Å². The SMILES string of the molecule is Cc1cccc(C)c1C(=O)N(CC(N)=O)C1CCCNC1. The number of benzene rings is 1. The average Bonchev–Trinajstić information content (AvgIpc) is 2.45. The number of nitrogens with one attached hydrogen (secondary N) is 1. The molecule has 5 nitrogen and oxygen atoms in total. The predicted molar refractivity (Wildman–Crippen MR) is 82.0 cm³/mol. The number of primary amides is 1. The summed E-state index contributed by atoms with van der Waals surface area (Å²) in [5, 5.41) is 3.28. The Kier molecular flexibility index (Phi) is 4.96. The monoisotopic (exact) mass is 289 g/mol. The van der Waals surface area contributed by atoms with Gasteiger partial charge in [0.2, 0.25) is 5.91 Å². The normalized spacial score (nSPS) is 18.3. The molecule has 0 spiro atoms. The summed E-state index contributed by atoms with van der Waals surface area (Å²) in [5.41, 5.74) is 7.88. The molecule has 0 radical (unpaired) electrons. The summed E-state index contributed by atoms with van der Waals surface area (Å²) in [6.07, 6.45) is 1.90. The Labute approximate surface area is 125 Å². The summed E-state index contributed by atoms with van der Waals surface area (Å²) >= 11 is 0. The molecule has 1 aliphatic rings. The summed E-state index contributed by atoms with van der Waals surface area (Å²) in [6, 6.07) is 5.80. The highest BCUT2D eigenvalue weighted by atomic mass is 16.2. The van der Waals surface area contributed by atoms with E-state index in [9.17, 15) is 9.59 Å². The second-order valence-electron chi connectivity index (χ2n) is 5.67. The molecule has 0 saturated carbocycles. The summed E-state index contributed by atoms with van der Waals surface area (Å²) in [7, 11) is 0. The van der Waals surface area contributed by atoms with E-state index in [1.807, 2.05) is 32.0 Å². The molecule has 1 heterocycles. The van der Waals surface area contributed by atoms with Crippen LogP contribution in [0.3, 0.4) is 0 Å². The van der Waals surface area contributed by atoms with Crippen LogP contribution in [0.4, 0.5) is 0 Å². The van der Waals surface area contributed by atoms with Crippen LogP contribution in [-0.2, 0) is 4.79 Å². The zero-order valence-electron chi connectivity index (χ0n) is 12.7. The number of nitrogens with two attached hydrogens (primary N) is 1. The van der Waals surface area contributed by atoms with E-state index >= 15 is 0 Å². The molecular formula is C16H23N3O2. The maximum absolute atomic E-state index is 12.9. The van der Waals surface area contributed by atoms with Gasteiger partial charge in [-0.1, -0.05) is 18.2 Å². The Hall–Kier alpha value is -1.88. The molecule has 1 aliphatic heterocycles. The van der Waals surface area contributed by atoms with Gasteiger partial charge in [-0.25, -0.2) is 0 Å². The lowest BCUT2D eigenvalue weighted by Gasteiger charge is -2.34. The summed E-state index contributed by atoms with van der Waals surface area (Å²) < 4.78 is 0. The largest absolute Gasteiger partial charge is 0.368 e. The van der Waals surface area contributed by atoms with Crippen LogP contribution in [0.2, 0.25) is 0 Å². The molecular weight excluding hydrogens is 266 g/mol. The molecule has 1 unspecified atom stereocenters. The number of hydrogen-bond acceptors (Lipinski definition) is 3. The number of carbonyl (C=O) groups excluding carboxylic acids is 2. The number of amides is 2. The highest BCUT2D eigenvalue weighted by Crippen LogP contribution is 2.19. The molecule has 0 aliphatic carbocycles. The first-order valence-corrected chi connectivity index (χ1v) is 7.37. The third kappa shape index (κ3) is 3.61. The summed E-state index contributed by atoms with van der Waals surface area (Å²) in [5.74, 6) is -0.571. The molecule has 2 rings (SSSR count). The van der Waals surface area contributed by atoms with Crippen molar-refractivity contribution in [3.8, 4) is 0 Å². The van der Waals surface area contributed by atoms with Gasteiger partial charge >= 0.3 is 0 Å². The Balaban J connectivity index is 2.31. The first-order chi connectivity index (χ1) is 10.0. The quantitative estimate of drug-likeness (QED) is 0.867. The number of hydrogen-bond donors (Lipinski definition) is 2. The number of aryl methyl sites for hydroxylation is 2. The zero-order valence-corrected chi connectivity index (χ0v) is 12.7. The van der Waals surface area contributed by atoms with Gasteiger partial charge in [0.1, 0.15) is 0 Å². The van der Waals surface area contributed by atoms with E-state index < -0.39 is 5.91 Å². The van der Waals surface area contributed by atoms with Crippen molar-refractivity contribution >= 4 is 11.8 Å². The zero-order chi connectivity index (χ0) is 15.4. The smallest absolute Gasteiger partial charge is 0.255 e. The summed E-state index contributed by atoms with van der Waals surface area (Å²) in [4.78, 5) is 25.9. The second-order valence-corrected chi connectivity index (χ2v) is 5.67. The molecule has 114 valence electrons. The van der Waals surface area contributed by atoms with Crippen molar-refractivity contribution in [3.05, 3.63) is 34.9 Å². The lowest BCUT2D eigenvalue weighted by atomic mass is 9.99. The van der Waals surface area contributed by atoms with Crippen molar-refractivity contribution < 1.29 is 9.59 Å². The third-order valence-corrected chi connectivity index (χ3v) is 3.99. The van der Waals surface area contributed by atoms with E-state index in [1.54, 1.807) is 4.90 Å². The Morgan fingerprint density at radius 1 is 1.33 bits per heavy atom. The molecule has 1 saturated heterocycles. The van der Waals surface area contributed by atoms with Crippen molar-refractivity contribution in [2.45, 2.75) is 32.7 Å². The number of rotatable bonds is 4. The van der Waals surface area contributed by atoms with Crippen LogP contribution < -0.4 is 11.1 Å². The Bertz CT molecular complexity index is 516. The Morgan fingerprint density at radius 2 is 2.00 bits per heavy atom. The molecule has 3 N–H and O–H groups in total. The van der Waals surface area contributed by atoms with Crippen LogP contribution in [0, 0.1) is 13.8 Å². The van der Waals surface area contributed by atoms with Gasteiger partial charge in [-0.2, -0.15) is 0 Å². The minimum absolute atomic E-state index is 0.0257. The lowest BCUT2D eigenvalue weighted by molar-refractivity contribution is -0.119. The van der Waals surface area contributed by atoms with Gasteiger partial charge in [-0.3, -0.25) is 9.59 Å². The maximum atomic E-state index is 12.9.